The van der Waals surface area contributed by atoms with Crippen molar-refractivity contribution in [1.29, 1.82) is 0 Å². The molecule has 188 valence electrons. The van der Waals surface area contributed by atoms with Gasteiger partial charge in [-0.25, -0.2) is 0 Å². The summed E-state index contributed by atoms with van der Waals surface area (Å²) < 4.78 is 0. The second-order valence-electron chi connectivity index (χ2n) is 9.27. The monoisotopic (exact) mass is 494 g/mol. The van der Waals surface area contributed by atoms with Crippen LogP contribution in [0.2, 0.25) is 0 Å². The predicted octanol–water partition coefficient (Wildman–Crippen LogP) is 6.08. The second-order valence-corrected chi connectivity index (χ2v) is 9.27. The van der Waals surface area contributed by atoms with Gasteiger partial charge in [-0.3, -0.25) is 9.59 Å². The number of carboxylic acids is 1. The number of pyridine rings is 1. The summed E-state index contributed by atoms with van der Waals surface area (Å²) in [6.45, 7) is 3.80. The van der Waals surface area contributed by atoms with Gasteiger partial charge < -0.3 is 15.3 Å². The van der Waals surface area contributed by atoms with Crippen molar-refractivity contribution in [3.63, 3.8) is 0 Å². The smallest absolute Gasteiger partial charge is 0.303 e. The van der Waals surface area contributed by atoms with Gasteiger partial charge in [0.1, 0.15) is 0 Å². The quantitative estimate of drug-likeness (QED) is 0.149. The predicted molar refractivity (Wildman–Crippen MR) is 146 cm³/mol. The Morgan fingerprint density at radius 2 is 1.57 bits per heavy atom. The van der Waals surface area contributed by atoms with E-state index in [1.807, 2.05) is 36.4 Å². The van der Waals surface area contributed by atoms with E-state index in [0.717, 1.165) is 33.4 Å². The number of carboxylic acid groups (broad SMARTS) is 1. The molecule has 1 atom stereocenters. The van der Waals surface area contributed by atoms with Crippen molar-refractivity contribution < 1.29 is 15.1 Å². The van der Waals surface area contributed by atoms with Gasteiger partial charge in [0, 0.05) is 36.1 Å². The minimum absolute atomic E-state index is 0.0632. The van der Waals surface area contributed by atoms with Crippen molar-refractivity contribution in [2.24, 2.45) is 5.16 Å². The van der Waals surface area contributed by atoms with E-state index in [1.54, 1.807) is 19.2 Å². The highest BCUT2D eigenvalue weighted by Crippen LogP contribution is 2.33. The van der Waals surface area contributed by atoms with Crippen molar-refractivity contribution in [3.8, 4) is 11.1 Å². The molecule has 1 unspecified atom stereocenters. The molecular weight excluding hydrogens is 464 g/mol. The van der Waals surface area contributed by atoms with Gasteiger partial charge in [0.15, 0.2) is 0 Å². The van der Waals surface area contributed by atoms with Crippen LogP contribution in [0.15, 0.2) is 95.0 Å². The number of hydrogen-bond donors (Lipinski definition) is 3. The molecule has 37 heavy (non-hydrogen) atoms. The molecule has 0 aliphatic rings. The first-order valence-electron chi connectivity index (χ1n) is 12.2. The number of nitrogens with one attached hydrogen (secondary N) is 1. The topological polar surface area (TPSA) is 103 Å². The lowest BCUT2D eigenvalue weighted by molar-refractivity contribution is -0.136. The number of nitrogens with zero attached hydrogens (tertiary/aromatic N) is 1. The van der Waals surface area contributed by atoms with E-state index in [1.165, 1.54) is 0 Å². The molecule has 6 heteroatoms. The van der Waals surface area contributed by atoms with Crippen LogP contribution in [0.5, 0.6) is 0 Å². The summed E-state index contributed by atoms with van der Waals surface area (Å²) in [5.74, 6) is -0.861. The molecule has 1 heterocycles. The second kappa shape index (κ2) is 11.5. The van der Waals surface area contributed by atoms with Gasteiger partial charge in [0.05, 0.1) is 5.71 Å². The first kappa shape index (κ1) is 25.6. The highest BCUT2D eigenvalue weighted by atomic mass is 16.4. The molecule has 0 bridgehead atoms. The fourth-order valence-electron chi connectivity index (χ4n) is 4.58. The van der Waals surface area contributed by atoms with Crippen LogP contribution < -0.4 is 5.56 Å². The van der Waals surface area contributed by atoms with E-state index in [0.29, 0.717) is 29.7 Å². The lowest BCUT2D eigenvalue weighted by atomic mass is 9.83. The van der Waals surface area contributed by atoms with Gasteiger partial charge in [0.25, 0.3) is 5.56 Å². The Balaban J connectivity index is 1.64. The molecule has 4 rings (SSSR count). The van der Waals surface area contributed by atoms with Crippen LogP contribution in [0.4, 0.5) is 0 Å². The third kappa shape index (κ3) is 6.22. The maximum absolute atomic E-state index is 11.8. The SMILES string of the molecule is Cc1ccccc1C(C/C(=N\O)c1c[nH]c(=O)c(C)c1)c1ccc(-c2ccc(CCC(=O)O)cc2)cc1. The molecule has 0 aliphatic heterocycles. The van der Waals surface area contributed by atoms with Gasteiger partial charge in [0.2, 0.25) is 0 Å². The number of H-pyrrole nitrogens is 1. The van der Waals surface area contributed by atoms with E-state index in [4.69, 9.17) is 5.11 Å². The van der Waals surface area contributed by atoms with Crippen LogP contribution in [0, 0.1) is 13.8 Å². The summed E-state index contributed by atoms with van der Waals surface area (Å²) in [6, 6.07) is 26.2. The first-order valence-corrected chi connectivity index (χ1v) is 12.2. The largest absolute Gasteiger partial charge is 0.481 e. The Labute approximate surface area is 216 Å². The molecule has 4 aromatic rings. The molecule has 0 saturated carbocycles. The van der Waals surface area contributed by atoms with Crippen molar-refractivity contribution in [2.75, 3.05) is 0 Å². The Hall–Kier alpha value is -4.45. The van der Waals surface area contributed by atoms with Crippen molar-refractivity contribution in [2.45, 2.75) is 39.0 Å². The van der Waals surface area contributed by atoms with Crippen LogP contribution in [-0.4, -0.2) is 27.0 Å². The van der Waals surface area contributed by atoms with Crippen LogP contribution in [0.3, 0.4) is 0 Å². The van der Waals surface area contributed by atoms with E-state index < -0.39 is 5.97 Å². The van der Waals surface area contributed by atoms with E-state index in [2.05, 4.69) is 53.5 Å². The first-order chi connectivity index (χ1) is 17.9. The van der Waals surface area contributed by atoms with Crippen LogP contribution in [0.25, 0.3) is 11.1 Å². The van der Waals surface area contributed by atoms with Gasteiger partial charge in [-0.15, -0.1) is 0 Å². The average molecular weight is 495 g/mol. The molecule has 0 saturated heterocycles. The molecule has 6 nitrogen and oxygen atoms in total. The third-order valence-electron chi connectivity index (χ3n) is 6.73. The van der Waals surface area contributed by atoms with Crippen LogP contribution in [-0.2, 0) is 11.2 Å². The number of aliphatic carboxylic acids is 1. The van der Waals surface area contributed by atoms with E-state index >= 15 is 0 Å². The van der Waals surface area contributed by atoms with Gasteiger partial charge in [-0.2, -0.15) is 0 Å². The van der Waals surface area contributed by atoms with Crippen molar-refractivity contribution in [3.05, 3.63) is 129 Å². The summed E-state index contributed by atoms with van der Waals surface area (Å²) in [6.07, 6.45) is 2.66. The van der Waals surface area contributed by atoms with Crippen LogP contribution >= 0.6 is 0 Å². The maximum atomic E-state index is 11.8. The average Bonchev–Trinajstić information content (AvgIpc) is 2.91. The fraction of sp³-hybridized carbons (Fsp3) is 0.194. The Morgan fingerprint density at radius 3 is 2.16 bits per heavy atom. The number of rotatable bonds is 9. The number of benzene rings is 3. The normalized spacial score (nSPS) is 12.3. The number of aromatic nitrogens is 1. The van der Waals surface area contributed by atoms with Crippen molar-refractivity contribution >= 4 is 11.7 Å². The molecule has 1 aromatic heterocycles. The number of aromatic amines is 1. The van der Waals surface area contributed by atoms with Gasteiger partial charge in [-0.1, -0.05) is 78.0 Å². The zero-order chi connectivity index (χ0) is 26.4. The molecule has 0 spiro atoms. The summed E-state index contributed by atoms with van der Waals surface area (Å²) >= 11 is 0. The standard InChI is InChI=1S/C31H30N2O4/c1-20-5-3-4-6-27(20)28(18-29(33-37)26-17-21(2)31(36)32-19-26)25-14-12-24(13-15-25)23-10-7-22(8-11-23)9-16-30(34)35/h3-8,10-15,17,19,28,37H,9,16,18H2,1-2H3,(H,32,36)(H,34,35)/b33-29+. The summed E-state index contributed by atoms with van der Waals surface area (Å²) in [4.78, 5) is 25.4. The Morgan fingerprint density at radius 1 is 0.919 bits per heavy atom. The van der Waals surface area contributed by atoms with Crippen LogP contribution in [0.1, 0.15) is 52.1 Å². The number of aryl methyl sites for hydroxylation is 3. The lowest BCUT2D eigenvalue weighted by Gasteiger charge is -2.21. The van der Waals surface area contributed by atoms with E-state index in [9.17, 15) is 14.8 Å². The summed E-state index contributed by atoms with van der Waals surface area (Å²) in [5, 5.41) is 22.4. The highest BCUT2D eigenvalue weighted by molar-refractivity contribution is 6.00. The molecule has 3 N–H and O–H groups in total. The molecule has 0 fully saturated rings. The molecule has 3 aromatic carbocycles. The molecule has 0 aliphatic carbocycles. The zero-order valence-corrected chi connectivity index (χ0v) is 20.9. The zero-order valence-electron chi connectivity index (χ0n) is 20.9. The van der Waals surface area contributed by atoms with E-state index in [-0.39, 0.29) is 17.9 Å². The highest BCUT2D eigenvalue weighted by Gasteiger charge is 2.21. The molecule has 0 radical (unpaired) electrons. The minimum atomic E-state index is -0.798. The maximum Gasteiger partial charge on any atom is 0.303 e. The minimum Gasteiger partial charge on any atom is -0.481 e. The lowest BCUT2D eigenvalue weighted by Crippen LogP contribution is -2.15. The summed E-state index contributed by atoms with van der Waals surface area (Å²) in [5.41, 5.74) is 8.04. The molecular formula is C31H30N2O4. The Kier molecular flexibility index (Phi) is 7.98. The van der Waals surface area contributed by atoms with Gasteiger partial charge in [-0.05, 0) is 59.7 Å². The van der Waals surface area contributed by atoms with Gasteiger partial charge >= 0.3 is 5.97 Å². The fourth-order valence-corrected chi connectivity index (χ4v) is 4.58. The number of oxime groups is 1. The Bertz CT molecular complexity index is 1470. The molecule has 0 amide bonds. The third-order valence-corrected chi connectivity index (χ3v) is 6.73. The number of hydrogen-bond acceptors (Lipinski definition) is 4. The summed E-state index contributed by atoms with van der Waals surface area (Å²) in [7, 11) is 0. The van der Waals surface area contributed by atoms with Crippen molar-refractivity contribution in [1.82, 2.24) is 4.98 Å². The number of carbonyl (C=O) groups is 1.